The Morgan fingerprint density at radius 3 is 1.70 bits per heavy atom. The molecule has 0 unspecified atom stereocenters. The minimum absolute atomic E-state index is 0.407. The van der Waals surface area contributed by atoms with Crippen LogP contribution in [0.1, 0.15) is 22.3 Å². The van der Waals surface area contributed by atoms with Crippen molar-refractivity contribution in [2.75, 3.05) is 0 Å². The number of nitrogens with zero attached hydrogens (tertiary/aromatic N) is 1. The quantitative estimate of drug-likeness (QED) is 0.230. The minimum atomic E-state index is -0.407. The molecule has 1 N–H and O–H groups in total. The highest BCUT2D eigenvalue weighted by atomic mass is 32.2. The van der Waals surface area contributed by atoms with Crippen LogP contribution in [-0.4, -0.2) is 9.97 Å². The topological polar surface area (TPSA) is 28.7 Å². The van der Waals surface area contributed by atoms with Gasteiger partial charge in [-0.2, -0.15) is 0 Å². The largest absolute Gasteiger partial charge is 0.337 e. The second-order valence-corrected chi connectivity index (χ2v) is 12.2. The predicted octanol–water partition coefficient (Wildman–Crippen LogP) is 10.2. The van der Waals surface area contributed by atoms with Crippen LogP contribution in [0.2, 0.25) is 0 Å². The summed E-state index contributed by atoms with van der Waals surface area (Å²) in [4.78, 5) is 11.6. The Morgan fingerprint density at radius 2 is 1.00 bits per heavy atom. The molecule has 202 valence electrons. The van der Waals surface area contributed by atoms with E-state index in [-0.39, 0.29) is 0 Å². The van der Waals surface area contributed by atoms with Crippen molar-refractivity contribution in [2.45, 2.75) is 15.2 Å². The molecule has 2 aliphatic rings. The third kappa shape index (κ3) is 3.46. The van der Waals surface area contributed by atoms with Gasteiger partial charge in [0.1, 0.15) is 5.82 Å². The highest BCUT2D eigenvalue weighted by Crippen LogP contribution is 2.63. The standard InChI is InChI=1S/C40H26N2S/c1-3-14-26(15-4-1)36-37(42-39(41-36)27-16-5-2-6-17-27)30-20-13-24-34-38(30)43-35-25-12-11-23-33(35)40(34)31-21-9-7-18-28(31)29-19-8-10-22-32(29)40/h1-25H,(H,41,42). The molecule has 6 aromatic carbocycles. The molecule has 0 fully saturated rings. The molecule has 2 nitrogen and oxygen atoms in total. The minimum Gasteiger partial charge on any atom is -0.337 e. The second kappa shape index (κ2) is 9.45. The van der Waals surface area contributed by atoms with E-state index in [9.17, 15) is 0 Å². The molecule has 0 radical (unpaired) electrons. The zero-order valence-corrected chi connectivity index (χ0v) is 24.1. The molecule has 0 amide bonds. The van der Waals surface area contributed by atoms with Gasteiger partial charge in [-0.3, -0.25) is 0 Å². The summed E-state index contributed by atoms with van der Waals surface area (Å²) < 4.78 is 0. The summed E-state index contributed by atoms with van der Waals surface area (Å²) in [5.74, 6) is 0.875. The number of benzene rings is 6. The van der Waals surface area contributed by atoms with Crippen LogP contribution in [-0.2, 0) is 5.41 Å². The molecule has 1 spiro atoms. The van der Waals surface area contributed by atoms with Gasteiger partial charge in [0.15, 0.2) is 0 Å². The van der Waals surface area contributed by atoms with Gasteiger partial charge < -0.3 is 4.98 Å². The number of hydrogen-bond donors (Lipinski definition) is 1. The van der Waals surface area contributed by atoms with Crippen molar-refractivity contribution < 1.29 is 0 Å². The van der Waals surface area contributed by atoms with Crippen LogP contribution in [0.4, 0.5) is 0 Å². The van der Waals surface area contributed by atoms with Crippen molar-refractivity contribution in [3.63, 3.8) is 0 Å². The highest BCUT2D eigenvalue weighted by Gasteiger charge is 2.50. The van der Waals surface area contributed by atoms with E-state index in [0.717, 1.165) is 28.3 Å². The van der Waals surface area contributed by atoms with Crippen LogP contribution >= 0.6 is 11.8 Å². The van der Waals surface area contributed by atoms with Crippen LogP contribution < -0.4 is 0 Å². The van der Waals surface area contributed by atoms with Crippen LogP contribution in [0.25, 0.3) is 45.0 Å². The number of aromatic nitrogens is 2. The molecule has 1 aromatic heterocycles. The van der Waals surface area contributed by atoms with Gasteiger partial charge in [-0.25, -0.2) is 4.98 Å². The van der Waals surface area contributed by atoms with E-state index in [4.69, 9.17) is 4.98 Å². The average Bonchev–Trinajstić information content (AvgIpc) is 3.65. The number of imidazole rings is 1. The summed E-state index contributed by atoms with van der Waals surface area (Å²) in [6.45, 7) is 0. The smallest absolute Gasteiger partial charge is 0.138 e. The van der Waals surface area contributed by atoms with Crippen LogP contribution in [0, 0.1) is 0 Å². The van der Waals surface area contributed by atoms with Gasteiger partial charge in [0.2, 0.25) is 0 Å². The van der Waals surface area contributed by atoms with Gasteiger partial charge in [-0.15, -0.1) is 0 Å². The van der Waals surface area contributed by atoms with E-state index < -0.39 is 5.41 Å². The van der Waals surface area contributed by atoms with Gasteiger partial charge >= 0.3 is 0 Å². The predicted molar refractivity (Wildman–Crippen MR) is 176 cm³/mol. The summed E-state index contributed by atoms with van der Waals surface area (Å²) in [7, 11) is 0. The van der Waals surface area contributed by atoms with E-state index in [0.29, 0.717) is 0 Å². The van der Waals surface area contributed by atoms with Gasteiger partial charge in [0, 0.05) is 26.5 Å². The van der Waals surface area contributed by atoms with Gasteiger partial charge in [0.25, 0.3) is 0 Å². The molecule has 0 atom stereocenters. The molecular weight excluding hydrogens is 541 g/mol. The SMILES string of the molecule is c1ccc(-c2nc(-c3ccccc3)c(-c3cccc4c3Sc3ccccc3C43c4ccccc4-c4ccccc43)[nH]2)cc1. The summed E-state index contributed by atoms with van der Waals surface area (Å²) in [5.41, 5.74) is 12.9. The number of fused-ring (bicyclic) bond motifs is 9. The zero-order chi connectivity index (χ0) is 28.4. The van der Waals surface area contributed by atoms with Gasteiger partial charge in [-0.05, 0) is 39.4 Å². The summed E-state index contributed by atoms with van der Waals surface area (Å²) >= 11 is 1.88. The number of nitrogens with one attached hydrogen (secondary N) is 1. The lowest BCUT2D eigenvalue weighted by atomic mass is 9.67. The Morgan fingerprint density at radius 1 is 0.465 bits per heavy atom. The Balaban J connectivity index is 1.37. The first-order chi connectivity index (χ1) is 21.3. The van der Waals surface area contributed by atoms with Crippen molar-refractivity contribution in [3.8, 4) is 45.0 Å². The van der Waals surface area contributed by atoms with Gasteiger partial charge in [0.05, 0.1) is 16.8 Å². The summed E-state index contributed by atoms with van der Waals surface area (Å²) in [6, 6.07) is 54.7. The van der Waals surface area contributed by atoms with Crippen LogP contribution in [0.15, 0.2) is 161 Å². The van der Waals surface area contributed by atoms with E-state index in [1.807, 2.05) is 17.8 Å². The lowest BCUT2D eigenvalue weighted by Crippen LogP contribution is -2.32. The van der Waals surface area contributed by atoms with Crippen LogP contribution in [0.5, 0.6) is 0 Å². The Kier molecular flexibility index (Phi) is 5.38. The number of aromatic amines is 1. The average molecular weight is 567 g/mol. The molecular formula is C40H26N2S. The summed E-state index contributed by atoms with van der Waals surface area (Å²) in [5, 5.41) is 0. The normalized spacial score (nSPS) is 13.7. The van der Waals surface area contributed by atoms with E-state index >= 15 is 0 Å². The molecule has 0 bridgehead atoms. The van der Waals surface area contributed by atoms with Crippen molar-refractivity contribution in [3.05, 3.63) is 174 Å². The first-order valence-electron chi connectivity index (χ1n) is 14.7. The first-order valence-corrected chi connectivity index (χ1v) is 15.5. The molecule has 3 heteroatoms. The van der Waals surface area contributed by atoms with Crippen molar-refractivity contribution in [2.24, 2.45) is 0 Å². The zero-order valence-electron chi connectivity index (χ0n) is 23.3. The van der Waals surface area contributed by atoms with Crippen molar-refractivity contribution >= 4 is 11.8 Å². The maximum atomic E-state index is 5.22. The molecule has 43 heavy (non-hydrogen) atoms. The Hall–Kier alpha value is -5.12. The van der Waals surface area contributed by atoms with Crippen LogP contribution in [0.3, 0.4) is 0 Å². The molecule has 7 aromatic rings. The molecule has 0 saturated carbocycles. The van der Waals surface area contributed by atoms with E-state index in [1.54, 1.807) is 0 Å². The highest BCUT2D eigenvalue weighted by molar-refractivity contribution is 7.99. The molecule has 2 heterocycles. The lowest BCUT2D eigenvalue weighted by molar-refractivity contribution is 0.723. The van der Waals surface area contributed by atoms with E-state index in [2.05, 4.69) is 151 Å². The number of hydrogen-bond acceptors (Lipinski definition) is 2. The molecule has 1 aliphatic carbocycles. The fourth-order valence-corrected chi connectivity index (χ4v) is 8.49. The second-order valence-electron chi connectivity index (χ2n) is 11.2. The molecule has 1 aliphatic heterocycles. The maximum Gasteiger partial charge on any atom is 0.138 e. The number of rotatable bonds is 3. The van der Waals surface area contributed by atoms with Gasteiger partial charge in [-0.1, -0.05) is 157 Å². The fraction of sp³-hybridized carbons (Fsp3) is 0.0250. The number of H-pyrrole nitrogens is 1. The van der Waals surface area contributed by atoms with Crippen molar-refractivity contribution in [1.29, 1.82) is 0 Å². The fourth-order valence-electron chi connectivity index (χ4n) is 7.18. The van der Waals surface area contributed by atoms with E-state index in [1.165, 1.54) is 48.7 Å². The Labute approximate surface area is 255 Å². The molecule has 9 rings (SSSR count). The van der Waals surface area contributed by atoms with Crippen molar-refractivity contribution in [1.82, 2.24) is 9.97 Å². The summed E-state index contributed by atoms with van der Waals surface area (Å²) in [6.07, 6.45) is 0. The Bertz CT molecular complexity index is 2120. The third-order valence-electron chi connectivity index (χ3n) is 8.94. The third-order valence-corrected chi connectivity index (χ3v) is 10.2. The lowest BCUT2D eigenvalue weighted by Gasteiger charge is -2.40. The molecule has 0 saturated heterocycles. The maximum absolute atomic E-state index is 5.22. The first kappa shape index (κ1) is 24.5. The monoisotopic (exact) mass is 566 g/mol.